The van der Waals surface area contributed by atoms with Crippen LogP contribution in [-0.4, -0.2) is 55.5 Å². The van der Waals surface area contributed by atoms with E-state index in [1.165, 1.54) is 14.0 Å². The molecule has 3 unspecified atom stereocenters. The number of rotatable bonds is 10. The lowest BCUT2D eigenvalue weighted by Gasteiger charge is -2.21. The van der Waals surface area contributed by atoms with Crippen molar-refractivity contribution >= 4 is 18.0 Å². The average Bonchev–Trinajstić information content (AvgIpc) is 3.13. The monoisotopic (exact) mass is 454 g/mol. The zero-order chi connectivity index (χ0) is 24.0. The minimum absolute atomic E-state index is 0.0293. The van der Waals surface area contributed by atoms with Gasteiger partial charge in [0.25, 0.3) is 0 Å². The fraction of sp³-hybridized carbons (Fsp3) is 0.400. The van der Waals surface area contributed by atoms with Crippen LogP contribution in [0.4, 0.5) is 4.79 Å². The third-order valence-corrected chi connectivity index (χ3v) is 6.11. The van der Waals surface area contributed by atoms with Crippen molar-refractivity contribution in [1.82, 2.24) is 10.6 Å². The van der Waals surface area contributed by atoms with Gasteiger partial charge in [0.1, 0.15) is 12.7 Å². The van der Waals surface area contributed by atoms with Gasteiger partial charge in [-0.15, -0.1) is 0 Å². The number of methoxy groups -OCH3 is 1. The van der Waals surface area contributed by atoms with Gasteiger partial charge in [-0.05, 0) is 36.1 Å². The number of carboxylic acids is 1. The van der Waals surface area contributed by atoms with Crippen LogP contribution in [0.15, 0.2) is 48.5 Å². The van der Waals surface area contributed by atoms with Gasteiger partial charge in [-0.1, -0.05) is 48.5 Å². The molecule has 3 N–H and O–H groups in total. The zero-order valence-electron chi connectivity index (χ0n) is 19.0. The fourth-order valence-electron chi connectivity index (χ4n) is 3.97. The number of fused-ring (bicyclic) bond motifs is 3. The Hall–Kier alpha value is -3.39. The van der Waals surface area contributed by atoms with E-state index in [-0.39, 0.29) is 25.5 Å². The first-order chi connectivity index (χ1) is 15.8. The van der Waals surface area contributed by atoms with Gasteiger partial charge in [0.05, 0.1) is 5.92 Å². The number of amides is 2. The van der Waals surface area contributed by atoms with Crippen LogP contribution >= 0.6 is 0 Å². The number of carboxylic acid groups (broad SMARTS) is 1. The lowest BCUT2D eigenvalue weighted by Crippen LogP contribution is -2.46. The van der Waals surface area contributed by atoms with Gasteiger partial charge in [0.15, 0.2) is 0 Å². The summed E-state index contributed by atoms with van der Waals surface area (Å²) in [7, 11) is 1.39. The number of alkyl carbamates (subject to hydrolysis) is 1. The second-order valence-electron chi connectivity index (χ2n) is 8.19. The predicted molar refractivity (Wildman–Crippen MR) is 123 cm³/mol. The number of aliphatic carboxylic acids is 1. The lowest BCUT2D eigenvalue weighted by atomic mass is 9.98. The predicted octanol–water partition coefficient (Wildman–Crippen LogP) is 3.16. The second-order valence-corrected chi connectivity index (χ2v) is 8.19. The molecule has 2 aromatic carbocycles. The maximum Gasteiger partial charge on any atom is 0.407 e. The number of ether oxygens (including phenoxy) is 2. The van der Waals surface area contributed by atoms with Gasteiger partial charge in [-0.2, -0.15) is 0 Å². The zero-order valence-corrected chi connectivity index (χ0v) is 19.0. The molecule has 0 aliphatic heterocycles. The van der Waals surface area contributed by atoms with Gasteiger partial charge in [0.2, 0.25) is 5.91 Å². The van der Waals surface area contributed by atoms with Crippen molar-refractivity contribution in [3.63, 3.8) is 0 Å². The van der Waals surface area contributed by atoms with Crippen molar-refractivity contribution < 1.29 is 29.0 Å². The Morgan fingerprint density at radius 1 is 1.00 bits per heavy atom. The Balaban J connectivity index is 1.48. The Morgan fingerprint density at radius 3 is 2.12 bits per heavy atom. The summed E-state index contributed by atoms with van der Waals surface area (Å²) >= 11 is 0. The highest BCUT2D eigenvalue weighted by molar-refractivity contribution is 5.82. The van der Waals surface area contributed by atoms with E-state index in [4.69, 9.17) is 14.6 Å². The molecule has 33 heavy (non-hydrogen) atoms. The van der Waals surface area contributed by atoms with Crippen molar-refractivity contribution in [3.05, 3.63) is 59.7 Å². The van der Waals surface area contributed by atoms with E-state index in [1.54, 1.807) is 6.92 Å². The summed E-state index contributed by atoms with van der Waals surface area (Å²) < 4.78 is 10.7. The average molecular weight is 455 g/mol. The molecule has 176 valence electrons. The molecule has 2 aromatic rings. The molecule has 3 rings (SSSR count). The Morgan fingerprint density at radius 2 is 1.58 bits per heavy atom. The van der Waals surface area contributed by atoms with Crippen molar-refractivity contribution in [2.45, 2.75) is 38.3 Å². The first-order valence-electron chi connectivity index (χ1n) is 11.0. The quantitative estimate of drug-likeness (QED) is 0.508. The molecule has 0 heterocycles. The largest absolute Gasteiger partial charge is 0.481 e. The molecule has 3 atom stereocenters. The molecule has 0 fully saturated rings. The molecule has 8 heteroatoms. The van der Waals surface area contributed by atoms with Crippen LogP contribution in [0.1, 0.15) is 37.3 Å². The summed E-state index contributed by atoms with van der Waals surface area (Å²) in [5, 5.41) is 14.4. The van der Waals surface area contributed by atoms with E-state index >= 15 is 0 Å². The van der Waals surface area contributed by atoms with E-state index in [0.717, 1.165) is 22.3 Å². The number of carbonyl (C=O) groups is 3. The van der Waals surface area contributed by atoms with Crippen molar-refractivity contribution in [2.24, 2.45) is 5.92 Å². The Labute approximate surface area is 193 Å². The third-order valence-electron chi connectivity index (χ3n) is 6.11. The van der Waals surface area contributed by atoms with Crippen LogP contribution in [0, 0.1) is 5.92 Å². The Kier molecular flexibility index (Phi) is 8.06. The maximum atomic E-state index is 12.3. The smallest absolute Gasteiger partial charge is 0.407 e. The molecular weight excluding hydrogens is 424 g/mol. The van der Waals surface area contributed by atoms with Crippen LogP contribution in [0.5, 0.6) is 0 Å². The minimum atomic E-state index is -0.992. The van der Waals surface area contributed by atoms with Crippen LogP contribution in [0.25, 0.3) is 11.1 Å². The van der Waals surface area contributed by atoms with Crippen LogP contribution in [-0.2, 0) is 19.1 Å². The van der Waals surface area contributed by atoms with Crippen molar-refractivity contribution in [3.8, 4) is 11.1 Å². The van der Waals surface area contributed by atoms with Crippen molar-refractivity contribution in [2.75, 3.05) is 20.3 Å². The van der Waals surface area contributed by atoms with E-state index in [9.17, 15) is 14.4 Å². The molecule has 0 radical (unpaired) electrons. The number of nitrogens with one attached hydrogen (secondary N) is 2. The summed E-state index contributed by atoms with van der Waals surface area (Å²) in [5.41, 5.74) is 4.57. The molecule has 0 spiro atoms. The molecular formula is C25H30N2O6. The van der Waals surface area contributed by atoms with E-state index in [0.29, 0.717) is 0 Å². The van der Waals surface area contributed by atoms with Gasteiger partial charge >= 0.3 is 12.1 Å². The van der Waals surface area contributed by atoms with Gasteiger partial charge in [0, 0.05) is 32.0 Å². The maximum absolute atomic E-state index is 12.3. The third kappa shape index (κ3) is 5.70. The molecule has 0 saturated carbocycles. The van der Waals surface area contributed by atoms with E-state index < -0.39 is 36.0 Å². The van der Waals surface area contributed by atoms with Gasteiger partial charge in [-0.3, -0.25) is 9.59 Å². The molecule has 0 saturated heterocycles. The summed E-state index contributed by atoms with van der Waals surface area (Å²) in [6.45, 7) is 3.52. The SMILES string of the molecule is COC(CCNC(=O)OCC1c2ccccc2-c2ccccc21)C(=O)NC(C)C(C)C(=O)O. The minimum Gasteiger partial charge on any atom is -0.481 e. The number of carbonyl (C=O) groups excluding carboxylic acids is 2. The summed E-state index contributed by atoms with van der Waals surface area (Å²) in [6.07, 6.45) is -1.16. The number of benzene rings is 2. The topological polar surface area (TPSA) is 114 Å². The summed E-state index contributed by atoms with van der Waals surface area (Å²) in [4.78, 5) is 35.7. The lowest BCUT2D eigenvalue weighted by molar-refractivity contribution is -0.142. The van der Waals surface area contributed by atoms with Crippen LogP contribution in [0.2, 0.25) is 0 Å². The second kappa shape index (κ2) is 11.0. The molecule has 1 aliphatic carbocycles. The van der Waals surface area contributed by atoms with Gasteiger partial charge in [-0.25, -0.2) is 4.79 Å². The number of hydrogen-bond acceptors (Lipinski definition) is 5. The first-order valence-corrected chi connectivity index (χ1v) is 11.0. The molecule has 0 bridgehead atoms. The van der Waals surface area contributed by atoms with E-state index in [2.05, 4.69) is 34.9 Å². The Bertz CT molecular complexity index is 962. The summed E-state index contributed by atoms with van der Waals surface area (Å²) in [6, 6.07) is 15.6. The van der Waals surface area contributed by atoms with Crippen LogP contribution in [0.3, 0.4) is 0 Å². The summed E-state index contributed by atoms with van der Waals surface area (Å²) in [5.74, 6) is -2.18. The highest BCUT2D eigenvalue weighted by Crippen LogP contribution is 2.44. The highest BCUT2D eigenvalue weighted by Gasteiger charge is 2.29. The molecule has 1 aliphatic rings. The standard InChI is InChI=1S/C25H30N2O6/c1-15(24(29)30)16(2)27-23(28)22(32-3)12-13-26-25(31)33-14-21-19-10-6-4-8-17(19)18-9-5-7-11-20(18)21/h4-11,15-16,21-22H,12-14H2,1-3H3,(H,26,31)(H,27,28)(H,29,30). The van der Waals surface area contributed by atoms with Crippen LogP contribution < -0.4 is 10.6 Å². The first kappa shape index (κ1) is 24.3. The van der Waals surface area contributed by atoms with Crippen molar-refractivity contribution in [1.29, 1.82) is 0 Å². The van der Waals surface area contributed by atoms with Gasteiger partial charge < -0.3 is 25.2 Å². The highest BCUT2D eigenvalue weighted by atomic mass is 16.5. The number of hydrogen-bond donors (Lipinski definition) is 3. The molecule has 8 nitrogen and oxygen atoms in total. The fourth-order valence-corrected chi connectivity index (χ4v) is 3.97. The van der Waals surface area contributed by atoms with E-state index in [1.807, 2.05) is 24.3 Å². The molecule has 0 aromatic heterocycles. The molecule has 2 amide bonds. The normalized spacial score (nSPS) is 15.0.